The monoisotopic (exact) mass is 324 g/mol. The smallest absolute Gasteiger partial charge is 0.0632 e. The molecule has 0 fully saturated rings. The van der Waals surface area contributed by atoms with E-state index in [4.69, 9.17) is 5.26 Å². The highest BCUT2D eigenvalue weighted by Gasteiger charge is 2.04. The maximum Gasteiger partial charge on any atom is 0.0632 e. The number of hydrogen-bond acceptors (Lipinski definition) is 1. The molecule has 2 rings (SSSR count). The van der Waals surface area contributed by atoms with Gasteiger partial charge in [-0.05, 0) is 42.0 Å². The zero-order chi connectivity index (χ0) is 11.4. The van der Waals surface area contributed by atoms with Gasteiger partial charge >= 0.3 is 0 Å². The van der Waals surface area contributed by atoms with Crippen LogP contribution in [0.4, 0.5) is 0 Å². The molecular weight excluding hydrogens is 311 g/mol. The standard InChI is InChI=1S/C13H13IN2/c14-12(5-7-15)3-1-10-2-4-13-11(9-10)6-8-16-13/h2,4,6,8-9,12,16H,1,3,5H2. The largest absolute Gasteiger partial charge is 0.361 e. The second-order valence-corrected chi connectivity index (χ2v) is 5.66. The normalized spacial score (nSPS) is 12.5. The second-order valence-electron chi connectivity index (χ2n) is 3.90. The van der Waals surface area contributed by atoms with Crippen LogP contribution in [0.5, 0.6) is 0 Å². The summed E-state index contributed by atoms with van der Waals surface area (Å²) >= 11 is 2.36. The number of H-pyrrole nitrogens is 1. The van der Waals surface area contributed by atoms with Gasteiger partial charge in [0.25, 0.3) is 0 Å². The van der Waals surface area contributed by atoms with Crippen LogP contribution in [0.2, 0.25) is 0 Å². The third kappa shape index (κ3) is 2.76. The Morgan fingerprint density at radius 2 is 2.25 bits per heavy atom. The Bertz CT molecular complexity index is 510. The lowest BCUT2D eigenvalue weighted by Crippen LogP contribution is -1.98. The fraction of sp³-hybridized carbons (Fsp3) is 0.308. The van der Waals surface area contributed by atoms with Gasteiger partial charge in [-0.2, -0.15) is 5.26 Å². The average Bonchev–Trinajstić information content (AvgIpc) is 2.74. The molecule has 0 aliphatic carbocycles. The van der Waals surface area contributed by atoms with E-state index in [1.54, 1.807) is 0 Å². The Hall–Kier alpha value is -1.02. The van der Waals surface area contributed by atoms with Gasteiger partial charge in [0.05, 0.1) is 6.07 Å². The molecule has 0 amide bonds. The minimum atomic E-state index is 0.463. The van der Waals surface area contributed by atoms with Crippen LogP contribution in [0.25, 0.3) is 10.9 Å². The third-order valence-electron chi connectivity index (χ3n) is 2.68. The van der Waals surface area contributed by atoms with Crippen LogP contribution in [-0.4, -0.2) is 8.91 Å². The molecule has 1 atom stereocenters. The highest BCUT2D eigenvalue weighted by Crippen LogP contribution is 2.18. The summed E-state index contributed by atoms with van der Waals surface area (Å²) in [6.45, 7) is 0. The quantitative estimate of drug-likeness (QED) is 0.674. The van der Waals surface area contributed by atoms with Gasteiger partial charge in [-0.3, -0.25) is 0 Å². The van der Waals surface area contributed by atoms with E-state index in [-0.39, 0.29) is 0 Å². The predicted octanol–water partition coefficient (Wildman–Crippen LogP) is 3.82. The van der Waals surface area contributed by atoms with E-state index in [0.717, 1.165) is 12.8 Å². The maximum atomic E-state index is 8.59. The van der Waals surface area contributed by atoms with Gasteiger partial charge < -0.3 is 4.98 Å². The maximum absolute atomic E-state index is 8.59. The molecule has 0 spiro atoms. The highest BCUT2D eigenvalue weighted by atomic mass is 127. The van der Waals surface area contributed by atoms with Gasteiger partial charge in [0, 0.05) is 22.1 Å². The zero-order valence-corrected chi connectivity index (χ0v) is 11.1. The molecule has 0 radical (unpaired) electrons. The summed E-state index contributed by atoms with van der Waals surface area (Å²) in [7, 11) is 0. The predicted molar refractivity (Wildman–Crippen MR) is 74.7 cm³/mol. The molecule has 1 aromatic heterocycles. The first-order chi connectivity index (χ1) is 7.79. The van der Waals surface area contributed by atoms with Crippen molar-refractivity contribution in [2.75, 3.05) is 0 Å². The summed E-state index contributed by atoms with van der Waals surface area (Å²) in [6.07, 6.45) is 4.73. The number of aromatic nitrogens is 1. The molecule has 0 saturated heterocycles. The van der Waals surface area contributed by atoms with E-state index < -0.39 is 0 Å². The van der Waals surface area contributed by atoms with E-state index in [2.05, 4.69) is 57.9 Å². The Morgan fingerprint density at radius 3 is 3.06 bits per heavy atom. The molecule has 2 nitrogen and oxygen atoms in total. The van der Waals surface area contributed by atoms with Gasteiger partial charge in [-0.15, -0.1) is 0 Å². The van der Waals surface area contributed by atoms with Crippen molar-refractivity contribution in [2.24, 2.45) is 0 Å². The van der Waals surface area contributed by atoms with Gasteiger partial charge in [0.15, 0.2) is 0 Å². The number of rotatable bonds is 4. The molecule has 0 bridgehead atoms. The van der Waals surface area contributed by atoms with Crippen molar-refractivity contribution in [1.82, 2.24) is 4.98 Å². The lowest BCUT2D eigenvalue weighted by Gasteiger charge is -2.05. The Kier molecular flexibility index (Phi) is 3.83. The van der Waals surface area contributed by atoms with Crippen molar-refractivity contribution < 1.29 is 0 Å². The SMILES string of the molecule is N#CCC(I)CCc1ccc2[nH]ccc2c1. The van der Waals surface area contributed by atoms with Crippen LogP contribution in [-0.2, 0) is 6.42 Å². The Labute approximate surface area is 109 Å². The minimum Gasteiger partial charge on any atom is -0.361 e. The first-order valence-electron chi connectivity index (χ1n) is 5.36. The fourth-order valence-corrected chi connectivity index (χ4v) is 2.29. The number of alkyl halides is 1. The minimum absolute atomic E-state index is 0.463. The van der Waals surface area contributed by atoms with Crippen LogP contribution < -0.4 is 0 Å². The summed E-state index contributed by atoms with van der Waals surface area (Å²) in [5.74, 6) is 0. The van der Waals surface area contributed by atoms with Gasteiger partial charge in [0.1, 0.15) is 0 Å². The number of aryl methyl sites for hydroxylation is 1. The summed E-state index contributed by atoms with van der Waals surface area (Å²) in [5, 5.41) is 9.85. The first-order valence-corrected chi connectivity index (χ1v) is 6.61. The average molecular weight is 324 g/mol. The molecule has 16 heavy (non-hydrogen) atoms. The van der Waals surface area contributed by atoms with Crippen molar-refractivity contribution in [3.63, 3.8) is 0 Å². The summed E-state index contributed by atoms with van der Waals surface area (Å²) in [5.41, 5.74) is 2.54. The van der Waals surface area contributed by atoms with Crippen LogP contribution >= 0.6 is 22.6 Å². The number of fused-ring (bicyclic) bond motifs is 1. The number of halogens is 1. The van der Waals surface area contributed by atoms with Crippen LogP contribution in [0.15, 0.2) is 30.5 Å². The number of nitriles is 1. The molecule has 0 aliphatic rings. The lowest BCUT2D eigenvalue weighted by atomic mass is 10.1. The Balaban J connectivity index is 2.01. The molecule has 1 aromatic carbocycles. The fourth-order valence-electron chi connectivity index (χ4n) is 1.78. The number of nitrogens with one attached hydrogen (secondary N) is 1. The van der Waals surface area contributed by atoms with E-state index in [9.17, 15) is 0 Å². The summed E-state index contributed by atoms with van der Waals surface area (Å²) in [4.78, 5) is 3.19. The lowest BCUT2D eigenvalue weighted by molar-refractivity contribution is 0.794. The van der Waals surface area contributed by atoms with Crippen molar-refractivity contribution >= 4 is 33.5 Å². The van der Waals surface area contributed by atoms with Gasteiger partial charge in [-0.1, -0.05) is 28.7 Å². The molecule has 1 heterocycles. The van der Waals surface area contributed by atoms with Crippen molar-refractivity contribution in [1.29, 1.82) is 5.26 Å². The first kappa shape index (κ1) is 11.5. The Morgan fingerprint density at radius 1 is 1.38 bits per heavy atom. The van der Waals surface area contributed by atoms with E-state index >= 15 is 0 Å². The van der Waals surface area contributed by atoms with E-state index in [1.165, 1.54) is 16.5 Å². The number of aromatic amines is 1. The number of hydrogen-bond donors (Lipinski definition) is 1. The number of benzene rings is 1. The molecule has 0 saturated carbocycles. The van der Waals surface area contributed by atoms with Crippen molar-refractivity contribution in [3.8, 4) is 6.07 Å². The molecule has 3 heteroatoms. The summed E-state index contributed by atoms with van der Waals surface area (Å²) in [6, 6.07) is 10.8. The highest BCUT2D eigenvalue weighted by molar-refractivity contribution is 14.1. The van der Waals surface area contributed by atoms with Crippen LogP contribution in [0, 0.1) is 11.3 Å². The molecule has 0 aliphatic heterocycles. The molecule has 1 unspecified atom stereocenters. The van der Waals surface area contributed by atoms with E-state index in [1.807, 2.05) is 6.20 Å². The van der Waals surface area contributed by atoms with Crippen molar-refractivity contribution in [3.05, 3.63) is 36.0 Å². The molecular formula is C13H13IN2. The van der Waals surface area contributed by atoms with Crippen LogP contribution in [0.1, 0.15) is 18.4 Å². The third-order valence-corrected chi connectivity index (χ3v) is 3.74. The second kappa shape index (κ2) is 5.35. The molecule has 82 valence electrons. The van der Waals surface area contributed by atoms with Crippen LogP contribution in [0.3, 0.4) is 0 Å². The number of nitrogens with zero attached hydrogens (tertiary/aromatic N) is 1. The molecule has 1 N–H and O–H groups in total. The summed E-state index contributed by atoms with van der Waals surface area (Å²) < 4.78 is 0.463. The topological polar surface area (TPSA) is 39.6 Å². The van der Waals surface area contributed by atoms with Gasteiger partial charge in [0.2, 0.25) is 0 Å². The zero-order valence-electron chi connectivity index (χ0n) is 8.91. The van der Waals surface area contributed by atoms with Gasteiger partial charge in [-0.25, -0.2) is 0 Å². The van der Waals surface area contributed by atoms with Crippen molar-refractivity contribution in [2.45, 2.75) is 23.2 Å². The van der Waals surface area contributed by atoms with E-state index in [0.29, 0.717) is 10.3 Å². The molecule has 2 aromatic rings.